The van der Waals surface area contributed by atoms with Crippen molar-refractivity contribution in [2.75, 3.05) is 32.1 Å². The first-order valence-corrected chi connectivity index (χ1v) is 7.42. The Morgan fingerprint density at radius 3 is 3.11 bits per heavy atom. The molecule has 4 nitrogen and oxygen atoms in total. The van der Waals surface area contributed by atoms with Crippen LogP contribution < -0.4 is 4.90 Å². The second kappa shape index (κ2) is 6.48. The molecule has 0 aromatic carbocycles. The maximum Gasteiger partial charge on any atom is 0.228 e. The lowest BCUT2D eigenvalue weighted by Crippen LogP contribution is -2.36. The zero-order valence-electron chi connectivity index (χ0n) is 11.5. The lowest BCUT2D eigenvalue weighted by Gasteiger charge is -2.30. The number of halogens is 1. The van der Waals surface area contributed by atoms with E-state index in [1.807, 2.05) is 12.1 Å². The summed E-state index contributed by atoms with van der Waals surface area (Å²) < 4.78 is 0.939. The summed E-state index contributed by atoms with van der Waals surface area (Å²) in [5, 5.41) is 0. The summed E-state index contributed by atoms with van der Waals surface area (Å²) >= 11 is 3.40. The number of rotatable bonds is 3. The number of pyridine rings is 1. The number of carbonyl (C=O) groups is 1. The van der Waals surface area contributed by atoms with Crippen LogP contribution in [-0.4, -0.2) is 43.0 Å². The molecular formula is C14H20BrN3O. The highest BCUT2D eigenvalue weighted by molar-refractivity contribution is 9.10. The van der Waals surface area contributed by atoms with Gasteiger partial charge in [0.1, 0.15) is 5.82 Å². The largest absolute Gasteiger partial charge is 0.306 e. The average molecular weight is 326 g/mol. The summed E-state index contributed by atoms with van der Waals surface area (Å²) in [7, 11) is 3.92. The smallest absolute Gasteiger partial charge is 0.228 e. The Morgan fingerprint density at radius 1 is 1.63 bits per heavy atom. The van der Waals surface area contributed by atoms with Crippen LogP contribution in [0.25, 0.3) is 0 Å². The van der Waals surface area contributed by atoms with Gasteiger partial charge in [0.05, 0.1) is 0 Å². The summed E-state index contributed by atoms with van der Waals surface area (Å²) in [6, 6.07) is 3.73. The molecule has 0 spiro atoms. The Balaban J connectivity index is 1.95. The van der Waals surface area contributed by atoms with Crippen molar-refractivity contribution in [2.45, 2.75) is 19.3 Å². The number of nitrogens with zero attached hydrogens (tertiary/aromatic N) is 3. The number of aromatic nitrogens is 1. The molecule has 1 saturated heterocycles. The van der Waals surface area contributed by atoms with Crippen molar-refractivity contribution in [2.24, 2.45) is 5.92 Å². The maximum absolute atomic E-state index is 12.3. The Hall–Kier alpha value is -0.940. The number of hydrogen-bond acceptors (Lipinski definition) is 3. The fourth-order valence-electron chi connectivity index (χ4n) is 2.53. The molecule has 104 valence electrons. The Kier molecular flexibility index (Phi) is 4.93. The van der Waals surface area contributed by atoms with Gasteiger partial charge in [-0.25, -0.2) is 4.98 Å². The summed E-state index contributed by atoms with van der Waals surface area (Å²) in [4.78, 5) is 20.5. The normalized spacial score (nSPS) is 20.3. The molecule has 0 radical (unpaired) electrons. The lowest BCUT2D eigenvalue weighted by atomic mass is 9.94. The van der Waals surface area contributed by atoms with Crippen LogP contribution in [0.4, 0.5) is 5.82 Å². The topological polar surface area (TPSA) is 36.4 Å². The molecule has 0 N–H and O–H groups in total. The Labute approximate surface area is 122 Å². The van der Waals surface area contributed by atoms with Crippen LogP contribution in [0.5, 0.6) is 0 Å². The molecular weight excluding hydrogens is 306 g/mol. The van der Waals surface area contributed by atoms with E-state index in [1.165, 1.54) is 6.42 Å². The van der Waals surface area contributed by atoms with Crippen molar-refractivity contribution in [3.8, 4) is 0 Å². The lowest BCUT2D eigenvalue weighted by molar-refractivity contribution is -0.119. The first-order valence-electron chi connectivity index (χ1n) is 6.63. The van der Waals surface area contributed by atoms with E-state index in [-0.39, 0.29) is 5.91 Å². The van der Waals surface area contributed by atoms with Crippen LogP contribution in [0.2, 0.25) is 0 Å². The minimum absolute atomic E-state index is 0.144. The fraction of sp³-hybridized carbons (Fsp3) is 0.571. The third kappa shape index (κ3) is 4.01. The first-order chi connectivity index (χ1) is 9.06. The number of hydrogen-bond donors (Lipinski definition) is 0. The highest BCUT2D eigenvalue weighted by Gasteiger charge is 2.22. The molecule has 2 heterocycles. The van der Waals surface area contributed by atoms with Crippen molar-refractivity contribution in [1.82, 2.24) is 9.88 Å². The van der Waals surface area contributed by atoms with Gasteiger partial charge in [0.2, 0.25) is 5.91 Å². The van der Waals surface area contributed by atoms with E-state index < -0.39 is 0 Å². The second-order valence-corrected chi connectivity index (χ2v) is 6.18. The first kappa shape index (κ1) is 14.5. The summed E-state index contributed by atoms with van der Waals surface area (Å²) in [5.74, 6) is 1.32. The zero-order valence-corrected chi connectivity index (χ0v) is 13.1. The minimum Gasteiger partial charge on any atom is -0.306 e. The zero-order chi connectivity index (χ0) is 13.8. The van der Waals surface area contributed by atoms with E-state index >= 15 is 0 Å². The van der Waals surface area contributed by atoms with Gasteiger partial charge >= 0.3 is 0 Å². The molecule has 19 heavy (non-hydrogen) atoms. The third-order valence-corrected chi connectivity index (χ3v) is 4.10. The Bertz CT molecular complexity index is 452. The van der Waals surface area contributed by atoms with Crippen molar-refractivity contribution in [1.29, 1.82) is 0 Å². The van der Waals surface area contributed by atoms with Gasteiger partial charge in [0.15, 0.2) is 0 Å². The predicted octanol–water partition coefficient (Wildman–Crippen LogP) is 2.54. The van der Waals surface area contributed by atoms with Crippen molar-refractivity contribution in [3.05, 3.63) is 22.8 Å². The van der Waals surface area contributed by atoms with Crippen LogP contribution >= 0.6 is 15.9 Å². The van der Waals surface area contributed by atoms with Crippen LogP contribution in [-0.2, 0) is 4.79 Å². The van der Waals surface area contributed by atoms with E-state index in [1.54, 1.807) is 18.1 Å². The molecule has 0 aliphatic carbocycles. The third-order valence-electron chi connectivity index (χ3n) is 3.61. The summed E-state index contributed by atoms with van der Waals surface area (Å²) in [5.41, 5.74) is 0. The van der Waals surface area contributed by atoms with Crippen LogP contribution in [0.15, 0.2) is 22.8 Å². The number of piperidine rings is 1. The fourth-order valence-corrected chi connectivity index (χ4v) is 2.85. The monoisotopic (exact) mass is 325 g/mol. The maximum atomic E-state index is 12.3. The van der Waals surface area contributed by atoms with Gasteiger partial charge in [-0.1, -0.05) is 15.9 Å². The van der Waals surface area contributed by atoms with Crippen LogP contribution in [0.1, 0.15) is 19.3 Å². The van der Waals surface area contributed by atoms with Crippen LogP contribution in [0.3, 0.4) is 0 Å². The van der Waals surface area contributed by atoms with E-state index in [4.69, 9.17) is 0 Å². The molecule has 1 aliphatic rings. The SMILES string of the molecule is CN1CCCC(CC(=O)N(C)c2cc(Br)ccn2)C1. The summed E-state index contributed by atoms with van der Waals surface area (Å²) in [6.45, 7) is 2.17. The van der Waals surface area contributed by atoms with E-state index in [0.717, 1.165) is 24.0 Å². The molecule has 0 bridgehead atoms. The highest BCUT2D eigenvalue weighted by atomic mass is 79.9. The standard InChI is InChI=1S/C14H20BrN3O/c1-17-7-3-4-11(10-17)8-14(19)18(2)13-9-12(15)5-6-16-13/h5-6,9,11H,3-4,7-8,10H2,1-2H3. The van der Waals surface area contributed by atoms with Gasteiger partial charge in [-0.2, -0.15) is 0 Å². The average Bonchev–Trinajstić information content (AvgIpc) is 2.38. The summed E-state index contributed by atoms with van der Waals surface area (Å²) in [6.07, 6.45) is 4.65. The van der Waals surface area contributed by atoms with Gasteiger partial charge in [-0.3, -0.25) is 9.69 Å². The van der Waals surface area contributed by atoms with Gasteiger partial charge in [0, 0.05) is 30.7 Å². The number of likely N-dealkylation sites (tertiary alicyclic amines) is 1. The van der Waals surface area contributed by atoms with Gasteiger partial charge in [-0.15, -0.1) is 0 Å². The van der Waals surface area contributed by atoms with E-state index in [2.05, 4.69) is 32.9 Å². The highest BCUT2D eigenvalue weighted by Crippen LogP contribution is 2.21. The molecule has 1 aromatic rings. The molecule has 5 heteroatoms. The quantitative estimate of drug-likeness (QED) is 0.856. The minimum atomic E-state index is 0.144. The van der Waals surface area contributed by atoms with Crippen molar-refractivity contribution in [3.63, 3.8) is 0 Å². The molecule has 1 aliphatic heterocycles. The molecule has 1 atom stereocenters. The van der Waals surface area contributed by atoms with Gasteiger partial charge in [-0.05, 0) is 44.5 Å². The van der Waals surface area contributed by atoms with E-state index in [9.17, 15) is 4.79 Å². The second-order valence-electron chi connectivity index (χ2n) is 5.26. The van der Waals surface area contributed by atoms with Crippen LogP contribution in [0, 0.1) is 5.92 Å². The predicted molar refractivity (Wildman–Crippen MR) is 80.2 cm³/mol. The van der Waals surface area contributed by atoms with Crippen molar-refractivity contribution < 1.29 is 4.79 Å². The molecule has 1 unspecified atom stereocenters. The number of carbonyl (C=O) groups excluding carboxylic acids is 1. The number of amides is 1. The van der Waals surface area contributed by atoms with E-state index in [0.29, 0.717) is 18.2 Å². The Morgan fingerprint density at radius 2 is 2.42 bits per heavy atom. The molecule has 2 rings (SSSR count). The van der Waals surface area contributed by atoms with Gasteiger partial charge in [0.25, 0.3) is 0 Å². The molecule has 1 aromatic heterocycles. The van der Waals surface area contributed by atoms with Crippen molar-refractivity contribution >= 4 is 27.7 Å². The molecule has 0 saturated carbocycles. The van der Waals surface area contributed by atoms with Gasteiger partial charge < -0.3 is 4.90 Å². The number of anilines is 1. The molecule has 1 fully saturated rings. The molecule has 1 amide bonds.